The van der Waals surface area contributed by atoms with E-state index in [1.807, 2.05) is 45.0 Å². The molecule has 1 rings (SSSR count). The first-order valence-electron chi connectivity index (χ1n) is 6.00. The van der Waals surface area contributed by atoms with Gasteiger partial charge in [-0.2, -0.15) is 0 Å². The molecule has 0 saturated carbocycles. The second-order valence-corrected chi connectivity index (χ2v) is 6.25. The van der Waals surface area contributed by atoms with Crippen LogP contribution in [-0.4, -0.2) is 18.2 Å². The average Bonchev–Trinajstić information content (AvgIpc) is 2.24. The zero-order valence-electron chi connectivity index (χ0n) is 11.3. The molecule has 1 N–H and O–H groups in total. The molecule has 0 aromatic heterocycles. The van der Waals surface area contributed by atoms with E-state index in [0.29, 0.717) is 6.54 Å². The van der Waals surface area contributed by atoms with Crippen molar-refractivity contribution in [2.45, 2.75) is 39.2 Å². The molecule has 0 spiro atoms. The quantitative estimate of drug-likeness (QED) is 0.913. The summed E-state index contributed by atoms with van der Waals surface area (Å²) in [6, 6.07) is 8.09. The van der Waals surface area contributed by atoms with Gasteiger partial charge < -0.3 is 10.1 Å². The van der Waals surface area contributed by atoms with Gasteiger partial charge in [-0.1, -0.05) is 35.0 Å². The van der Waals surface area contributed by atoms with Crippen LogP contribution in [0.5, 0.6) is 0 Å². The second kappa shape index (κ2) is 6.23. The Kier molecular flexibility index (Phi) is 5.20. The lowest BCUT2D eigenvalue weighted by Crippen LogP contribution is -2.34. The fourth-order valence-electron chi connectivity index (χ4n) is 1.46. The van der Waals surface area contributed by atoms with E-state index in [2.05, 4.69) is 28.2 Å². The Hall–Kier alpha value is -1.03. The number of alkyl carbamates (subject to hydrolysis) is 1. The lowest BCUT2D eigenvalue weighted by molar-refractivity contribution is 0.0525. The van der Waals surface area contributed by atoms with Crippen LogP contribution in [0.1, 0.15) is 39.2 Å². The number of nitrogens with one attached hydrogen (secondary N) is 1. The molecule has 0 saturated heterocycles. The van der Waals surface area contributed by atoms with E-state index in [1.54, 1.807) is 0 Å². The van der Waals surface area contributed by atoms with Gasteiger partial charge in [0.2, 0.25) is 0 Å². The van der Waals surface area contributed by atoms with Gasteiger partial charge in [0.1, 0.15) is 5.60 Å². The van der Waals surface area contributed by atoms with E-state index in [1.165, 1.54) is 5.56 Å². The third-order valence-corrected chi connectivity index (χ3v) is 2.92. The Morgan fingerprint density at radius 3 is 2.39 bits per heavy atom. The number of benzene rings is 1. The minimum absolute atomic E-state index is 0.255. The van der Waals surface area contributed by atoms with Crippen molar-refractivity contribution in [3.63, 3.8) is 0 Å². The van der Waals surface area contributed by atoms with Gasteiger partial charge in [-0.3, -0.25) is 0 Å². The molecule has 1 amide bonds. The van der Waals surface area contributed by atoms with Gasteiger partial charge in [-0.05, 0) is 44.4 Å². The van der Waals surface area contributed by atoms with E-state index >= 15 is 0 Å². The van der Waals surface area contributed by atoms with Crippen molar-refractivity contribution in [2.75, 3.05) is 6.54 Å². The molecule has 0 aliphatic carbocycles. The number of carbonyl (C=O) groups is 1. The van der Waals surface area contributed by atoms with Gasteiger partial charge >= 0.3 is 6.09 Å². The standard InChI is InChI=1S/C14H20BrNO2/c1-10(11-5-7-12(15)8-6-11)9-16-13(17)18-14(2,3)4/h5-8,10H,9H2,1-4H3,(H,16,17). The van der Waals surface area contributed by atoms with Gasteiger partial charge in [0.25, 0.3) is 0 Å². The molecule has 1 aromatic rings. The topological polar surface area (TPSA) is 38.3 Å². The smallest absolute Gasteiger partial charge is 0.407 e. The van der Waals surface area contributed by atoms with Crippen LogP contribution in [0.4, 0.5) is 4.79 Å². The molecule has 3 nitrogen and oxygen atoms in total. The van der Waals surface area contributed by atoms with Crippen LogP contribution in [0, 0.1) is 0 Å². The predicted octanol–water partition coefficient (Wildman–Crippen LogP) is 4.08. The molecule has 0 aliphatic heterocycles. The van der Waals surface area contributed by atoms with Crippen LogP contribution in [0.2, 0.25) is 0 Å². The zero-order chi connectivity index (χ0) is 13.8. The molecule has 0 aliphatic rings. The highest BCUT2D eigenvalue weighted by Gasteiger charge is 2.16. The summed E-state index contributed by atoms with van der Waals surface area (Å²) in [7, 11) is 0. The van der Waals surface area contributed by atoms with Crippen molar-refractivity contribution < 1.29 is 9.53 Å². The minimum atomic E-state index is -0.453. The fourth-order valence-corrected chi connectivity index (χ4v) is 1.72. The second-order valence-electron chi connectivity index (χ2n) is 5.34. The summed E-state index contributed by atoms with van der Waals surface area (Å²) in [4.78, 5) is 11.5. The predicted molar refractivity (Wildman–Crippen MR) is 76.8 cm³/mol. The SMILES string of the molecule is CC(CNC(=O)OC(C)(C)C)c1ccc(Br)cc1. The first-order valence-corrected chi connectivity index (χ1v) is 6.79. The van der Waals surface area contributed by atoms with Crippen molar-refractivity contribution in [2.24, 2.45) is 0 Å². The van der Waals surface area contributed by atoms with Crippen molar-refractivity contribution >= 4 is 22.0 Å². The molecule has 0 bridgehead atoms. The molecule has 4 heteroatoms. The third-order valence-electron chi connectivity index (χ3n) is 2.39. The van der Waals surface area contributed by atoms with E-state index in [0.717, 1.165) is 4.47 Å². The molecule has 18 heavy (non-hydrogen) atoms. The summed E-state index contributed by atoms with van der Waals surface area (Å²) < 4.78 is 6.24. The number of amides is 1. The van der Waals surface area contributed by atoms with Crippen molar-refractivity contribution in [3.8, 4) is 0 Å². The Balaban J connectivity index is 2.44. The van der Waals surface area contributed by atoms with Crippen LogP contribution in [0.25, 0.3) is 0 Å². The van der Waals surface area contributed by atoms with E-state index < -0.39 is 5.60 Å². The van der Waals surface area contributed by atoms with Gasteiger partial charge in [-0.15, -0.1) is 0 Å². The van der Waals surface area contributed by atoms with Gasteiger partial charge in [-0.25, -0.2) is 4.79 Å². The number of hydrogen-bond donors (Lipinski definition) is 1. The lowest BCUT2D eigenvalue weighted by Gasteiger charge is -2.21. The van der Waals surface area contributed by atoms with Gasteiger partial charge in [0, 0.05) is 11.0 Å². The average molecular weight is 314 g/mol. The van der Waals surface area contributed by atoms with Crippen molar-refractivity contribution in [1.82, 2.24) is 5.32 Å². The molecular formula is C14H20BrNO2. The zero-order valence-corrected chi connectivity index (χ0v) is 12.9. The van der Waals surface area contributed by atoms with E-state index in [4.69, 9.17) is 4.74 Å². The summed E-state index contributed by atoms with van der Waals surface area (Å²) in [5.74, 6) is 0.255. The van der Waals surface area contributed by atoms with Crippen LogP contribution in [0.3, 0.4) is 0 Å². The lowest BCUT2D eigenvalue weighted by atomic mass is 10.0. The fraction of sp³-hybridized carbons (Fsp3) is 0.500. The molecule has 100 valence electrons. The number of halogens is 1. The third kappa shape index (κ3) is 5.54. The molecule has 1 unspecified atom stereocenters. The highest BCUT2D eigenvalue weighted by Crippen LogP contribution is 2.17. The maximum Gasteiger partial charge on any atom is 0.407 e. The Morgan fingerprint density at radius 1 is 1.33 bits per heavy atom. The number of carbonyl (C=O) groups excluding carboxylic acids is 1. The highest BCUT2D eigenvalue weighted by atomic mass is 79.9. The van der Waals surface area contributed by atoms with Crippen LogP contribution < -0.4 is 5.32 Å². The van der Waals surface area contributed by atoms with E-state index in [9.17, 15) is 4.79 Å². The number of ether oxygens (including phenoxy) is 1. The first kappa shape index (κ1) is 15.0. The van der Waals surface area contributed by atoms with Crippen LogP contribution in [0.15, 0.2) is 28.7 Å². The van der Waals surface area contributed by atoms with Crippen molar-refractivity contribution in [3.05, 3.63) is 34.3 Å². The summed E-state index contributed by atoms with van der Waals surface area (Å²) in [6.07, 6.45) is -0.369. The number of hydrogen-bond acceptors (Lipinski definition) is 2. The summed E-state index contributed by atoms with van der Waals surface area (Å²) in [5, 5.41) is 2.78. The Morgan fingerprint density at radius 2 is 1.89 bits per heavy atom. The largest absolute Gasteiger partial charge is 0.444 e. The van der Waals surface area contributed by atoms with E-state index in [-0.39, 0.29) is 12.0 Å². The highest BCUT2D eigenvalue weighted by molar-refractivity contribution is 9.10. The minimum Gasteiger partial charge on any atom is -0.444 e. The monoisotopic (exact) mass is 313 g/mol. The van der Waals surface area contributed by atoms with Gasteiger partial charge in [0.05, 0.1) is 0 Å². The van der Waals surface area contributed by atoms with Crippen molar-refractivity contribution in [1.29, 1.82) is 0 Å². The Bertz CT molecular complexity index is 395. The summed E-state index contributed by atoms with van der Waals surface area (Å²) in [5.41, 5.74) is 0.736. The molecule has 0 fully saturated rings. The Labute approximate surface area is 117 Å². The maximum atomic E-state index is 11.5. The van der Waals surface area contributed by atoms with Gasteiger partial charge in [0.15, 0.2) is 0 Å². The van der Waals surface area contributed by atoms with Crippen LogP contribution >= 0.6 is 15.9 Å². The van der Waals surface area contributed by atoms with Crippen LogP contribution in [-0.2, 0) is 4.74 Å². The summed E-state index contributed by atoms with van der Waals surface area (Å²) in [6.45, 7) is 8.19. The molecular weight excluding hydrogens is 294 g/mol. The summed E-state index contributed by atoms with van der Waals surface area (Å²) >= 11 is 3.40. The number of rotatable bonds is 3. The molecule has 1 aromatic carbocycles. The molecule has 0 heterocycles. The molecule has 0 radical (unpaired) electrons. The maximum absolute atomic E-state index is 11.5. The first-order chi connectivity index (χ1) is 8.28. The molecule has 1 atom stereocenters. The normalized spacial score (nSPS) is 12.9.